The quantitative estimate of drug-likeness (QED) is 0.418. The van der Waals surface area contributed by atoms with Gasteiger partial charge in [-0.1, -0.05) is 60.7 Å². The number of rotatable bonds is 8. The van der Waals surface area contributed by atoms with E-state index < -0.39 is 0 Å². The molecule has 2 aromatic carbocycles. The lowest BCUT2D eigenvalue weighted by Crippen LogP contribution is -2.28. The van der Waals surface area contributed by atoms with Crippen molar-refractivity contribution in [2.45, 2.75) is 26.1 Å². The second kappa shape index (κ2) is 9.62. The Kier molecular flexibility index (Phi) is 6.95. The zero-order valence-electron chi connectivity index (χ0n) is 17.0. The first kappa shape index (κ1) is 21.0. The van der Waals surface area contributed by atoms with Crippen LogP contribution in [0.25, 0.3) is 0 Å². The van der Waals surface area contributed by atoms with E-state index in [1.54, 1.807) is 16.2 Å². The molecule has 1 aromatic heterocycles. The van der Waals surface area contributed by atoms with Crippen LogP contribution >= 0.6 is 12.2 Å². The normalized spacial score (nSPS) is 11.2. The summed E-state index contributed by atoms with van der Waals surface area (Å²) in [6.45, 7) is 2.63. The summed E-state index contributed by atoms with van der Waals surface area (Å²) in [6.07, 6.45) is 0.103. The van der Waals surface area contributed by atoms with Crippen molar-refractivity contribution in [1.29, 1.82) is 0 Å². The zero-order valence-corrected chi connectivity index (χ0v) is 17.8. The molecule has 0 aliphatic rings. The molecule has 6 nitrogen and oxygen atoms in total. The lowest BCUT2D eigenvalue weighted by atomic mass is 9.98. The van der Waals surface area contributed by atoms with Gasteiger partial charge in [-0.05, 0) is 37.3 Å². The maximum absolute atomic E-state index is 11.9. The minimum absolute atomic E-state index is 0.0508. The third-order valence-electron chi connectivity index (χ3n) is 4.77. The average molecular weight is 411 g/mol. The summed E-state index contributed by atoms with van der Waals surface area (Å²) in [5.74, 6) is 0.292. The molecule has 1 heterocycles. The summed E-state index contributed by atoms with van der Waals surface area (Å²) in [6, 6.07) is 20.8. The van der Waals surface area contributed by atoms with E-state index in [1.807, 2.05) is 50.5 Å². The molecular formula is C22H26N4O2S. The summed E-state index contributed by atoms with van der Waals surface area (Å²) < 4.78 is 9.12. The summed E-state index contributed by atoms with van der Waals surface area (Å²) >= 11 is 5.55. The summed E-state index contributed by atoms with van der Waals surface area (Å²) in [7, 11) is 3.87. The van der Waals surface area contributed by atoms with E-state index in [1.165, 1.54) is 11.1 Å². The van der Waals surface area contributed by atoms with Gasteiger partial charge in [-0.2, -0.15) is 5.10 Å². The number of carbonyl (C=O) groups excluding carboxylic acids is 1. The van der Waals surface area contributed by atoms with Crippen molar-refractivity contribution in [3.05, 3.63) is 82.4 Å². The highest BCUT2D eigenvalue weighted by atomic mass is 32.1. The number of benzene rings is 2. The number of nitrogens with zero attached hydrogens (tertiary/aromatic N) is 4. The number of aromatic nitrogens is 3. The second-order valence-electron chi connectivity index (χ2n) is 6.86. The van der Waals surface area contributed by atoms with E-state index in [4.69, 9.17) is 17.0 Å². The lowest BCUT2D eigenvalue weighted by molar-refractivity contribution is -0.142. The Morgan fingerprint density at radius 2 is 1.66 bits per heavy atom. The molecule has 0 bridgehead atoms. The monoisotopic (exact) mass is 410 g/mol. The summed E-state index contributed by atoms with van der Waals surface area (Å²) in [5.41, 5.74) is 2.38. The first-order valence-corrected chi connectivity index (χ1v) is 10.0. The SMILES string of the molecule is CCOC(=O)Cc1nn(CN(C)C(c2ccccc2)c2ccccc2)c(=S)n1C. The molecule has 0 aliphatic carbocycles. The van der Waals surface area contributed by atoms with Gasteiger partial charge in [0.1, 0.15) is 12.2 Å². The predicted molar refractivity (Wildman–Crippen MR) is 115 cm³/mol. The highest BCUT2D eigenvalue weighted by Gasteiger charge is 2.21. The average Bonchev–Trinajstić information content (AvgIpc) is 2.98. The van der Waals surface area contributed by atoms with E-state index in [0.29, 0.717) is 23.9 Å². The summed E-state index contributed by atoms with van der Waals surface area (Å²) in [5, 5.41) is 4.57. The van der Waals surface area contributed by atoms with E-state index in [9.17, 15) is 4.79 Å². The van der Waals surface area contributed by atoms with Crippen molar-refractivity contribution in [2.75, 3.05) is 13.7 Å². The third kappa shape index (κ3) is 4.99. The number of esters is 1. The van der Waals surface area contributed by atoms with Gasteiger partial charge in [0, 0.05) is 7.05 Å². The molecule has 3 rings (SSSR count). The third-order valence-corrected chi connectivity index (χ3v) is 5.25. The van der Waals surface area contributed by atoms with Gasteiger partial charge in [-0.15, -0.1) is 0 Å². The Balaban J connectivity index is 1.88. The Hall–Kier alpha value is -2.77. The minimum atomic E-state index is -0.303. The standard InChI is InChI=1S/C22H26N4O2S/c1-4-28-20(27)15-19-23-26(22(29)25(19)3)16-24(2)21(17-11-7-5-8-12-17)18-13-9-6-10-14-18/h5-14,21H,4,15-16H2,1-3H3. The molecule has 0 saturated carbocycles. The molecule has 7 heteroatoms. The van der Waals surface area contributed by atoms with Crippen molar-refractivity contribution in [2.24, 2.45) is 7.05 Å². The fourth-order valence-electron chi connectivity index (χ4n) is 3.38. The fourth-order valence-corrected chi connectivity index (χ4v) is 3.59. The molecule has 0 fully saturated rings. The molecule has 152 valence electrons. The smallest absolute Gasteiger partial charge is 0.313 e. The van der Waals surface area contributed by atoms with Crippen LogP contribution < -0.4 is 0 Å². The van der Waals surface area contributed by atoms with E-state index in [-0.39, 0.29) is 18.4 Å². The van der Waals surface area contributed by atoms with Crippen LogP contribution in [0.15, 0.2) is 60.7 Å². The first-order chi connectivity index (χ1) is 14.0. The lowest BCUT2D eigenvalue weighted by Gasteiger charge is -2.28. The van der Waals surface area contributed by atoms with Crippen molar-refractivity contribution >= 4 is 18.2 Å². The zero-order chi connectivity index (χ0) is 20.8. The Morgan fingerprint density at radius 1 is 1.10 bits per heavy atom. The van der Waals surface area contributed by atoms with Gasteiger partial charge in [0.25, 0.3) is 0 Å². The Bertz CT molecular complexity index is 959. The Morgan fingerprint density at radius 3 is 2.17 bits per heavy atom. The first-order valence-electron chi connectivity index (χ1n) is 9.59. The van der Waals surface area contributed by atoms with Gasteiger partial charge in [0.15, 0.2) is 4.77 Å². The van der Waals surface area contributed by atoms with Crippen LogP contribution in [0.1, 0.15) is 29.9 Å². The molecule has 0 N–H and O–H groups in total. The second-order valence-corrected chi connectivity index (χ2v) is 7.23. The van der Waals surface area contributed by atoms with Crippen LogP contribution in [-0.4, -0.2) is 38.9 Å². The number of hydrogen-bond donors (Lipinski definition) is 0. The largest absolute Gasteiger partial charge is 0.466 e. The maximum Gasteiger partial charge on any atom is 0.313 e. The molecule has 0 amide bonds. The van der Waals surface area contributed by atoms with Crippen LogP contribution in [0.5, 0.6) is 0 Å². The topological polar surface area (TPSA) is 52.3 Å². The molecule has 0 saturated heterocycles. The molecule has 29 heavy (non-hydrogen) atoms. The molecule has 3 aromatic rings. The van der Waals surface area contributed by atoms with Crippen LogP contribution in [0.4, 0.5) is 0 Å². The van der Waals surface area contributed by atoms with Crippen LogP contribution in [0.3, 0.4) is 0 Å². The highest BCUT2D eigenvalue weighted by Crippen LogP contribution is 2.27. The Labute approximate surface area is 176 Å². The van der Waals surface area contributed by atoms with Gasteiger partial charge < -0.3 is 9.30 Å². The molecule has 0 radical (unpaired) electrons. The summed E-state index contributed by atoms with van der Waals surface area (Å²) in [4.78, 5) is 14.1. The van der Waals surface area contributed by atoms with Crippen LogP contribution in [0.2, 0.25) is 0 Å². The number of carbonyl (C=O) groups is 1. The van der Waals surface area contributed by atoms with Crippen molar-refractivity contribution in [3.8, 4) is 0 Å². The van der Waals surface area contributed by atoms with Crippen molar-refractivity contribution < 1.29 is 9.53 Å². The van der Waals surface area contributed by atoms with Gasteiger partial charge >= 0.3 is 5.97 Å². The fraction of sp³-hybridized carbons (Fsp3) is 0.318. The van der Waals surface area contributed by atoms with E-state index >= 15 is 0 Å². The van der Waals surface area contributed by atoms with Gasteiger partial charge in [-0.25, -0.2) is 4.68 Å². The van der Waals surface area contributed by atoms with Crippen LogP contribution in [-0.2, 0) is 29.7 Å². The van der Waals surface area contributed by atoms with Gasteiger partial charge in [-0.3, -0.25) is 9.69 Å². The maximum atomic E-state index is 11.9. The van der Waals surface area contributed by atoms with E-state index in [2.05, 4.69) is 34.3 Å². The van der Waals surface area contributed by atoms with Crippen molar-refractivity contribution in [1.82, 2.24) is 19.2 Å². The number of hydrogen-bond acceptors (Lipinski definition) is 5. The molecule has 0 spiro atoms. The highest BCUT2D eigenvalue weighted by molar-refractivity contribution is 7.71. The molecule has 0 unspecified atom stereocenters. The molecular weight excluding hydrogens is 384 g/mol. The van der Waals surface area contributed by atoms with E-state index in [0.717, 1.165) is 0 Å². The minimum Gasteiger partial charge on any atom is -0.466 e. The van der Waals surface area contributed by atoms with Crippen LogP contribution in [0, 0.1) is 4.77 Å². The van der Waals surface area contributed by atoms with Gasteiger partial charge in [0.05, 0.1) is 19.3 Å². The number of ether oxygens (including phenoxy) is 1. The predicted octanol–water partition coefficient (Wildman–Crippen LogP) is 3.74. The molecule has 0 atom stereocenters. The van der Waals surface area contributed by atoms with Gasteiger partial charge in [0.2, 0.25) is 0 Å². The van der Waals surface area contributed by atoms with Crippen molar-refractivity contribution in [3.63, 3.8) is 0 Å². The molecule has 0 aliphatic heterocycles.